The van der Waals surface area contributed by atoms with Crippen molar-refractivity contribution in [1.29, 1.82) is 0 Å². The van der Waals surface area contributed by atoms with Crippen molar-refractivity contribution >= 4 is 33.5 Å². The van der Waals surface area contributed by atoms with E-state index < -0.39 is 23.5 Å². The molecule has 0 aliphatic heterocycles. The molecule has 106 valence electrons. The van der Waals surface area contributed by atoms with Crippen LogP contribution in [0.25, 0.3) is 10.2 Å². The van der Waals surface area contributed by atoms with Gasteiger partial charge in [0.25, 0.3) is 5.56 Å². The number of fused-ring (bicyclic) bond motifs is 1. The Hall–Kier alpha value is -2.22. The van der Waals surface area contributed by atoms with Gasteiger partial charge in [0.1, 0.15) is 16.7 Å². The molecule has 1 atom stereocenters. The number of nitrogens with zero attached hydrogens (tertiary/aromatic N) is 2. The van der Waals surface area contributed by atoms with Crippen molar-refractivity contribution in [2.75, 3.05) is 0 Å². The smallest absolute Gasteiger partial charge is 0.337 e. The molecule has 8 heteroatoms. The monoisotopic (exact) mass is 296 g/mol. The fourth-order valence-corrected chi connectivity index (χ4v) is 2.88. The van der Waals surface area contributed by atoms with Crippen molar-refractivity contribution in [3.05, 3.63) is 27.1 Å². The molecule has 0 bridgehead atoms. The highest BCUT2D eigenvalue weighted by Gasteiger charge is 2.24. The summed E-state index contributed by atoms with van der Waals surface area (Å²) in [6, 6.07) is -1.10. The minimum Gasteiger partial charge on any atom is -0.480 e. The number of carbonyl (C=O) groups is 2. The Bertz CT molecular complexity index is 761. The highest BCUT2D eigenvalue weighted by atomic mass is 32.1. The second-order valence-electron chi connectivity index (χ2n) is 4.21. The van der Waals surface area contributed by atoms with Crippen LogP contribution >= 0.6 is 11.3 Å². The first-order chi connectivity index (χ1) is 9.38. The molecule has 0 saturated carbocycles. The number of carboxylic acids is 2. The van der Waals surface area contributed by atoms with Gasteiger partial charge in [0.2, 0.25) is 0 Å². The summed E-state index contributed by atoms with van der Waals surface area (Å²) in [7, 11) is 0. The van der Waals surface area contributed by atoms with E-state index in [1.54, 1.807) is 6.92 Å². The first-order valence-electron chi connectivity index (χ1n) is 5.87. The van der Waals surface area contributed by atoms with Crippen LogP contribution in [0.1, 0.15) is 36.1 Å². The molecular weight excluding hydrogens is 284 g/mol. The van der Waals surface area contributed by atoms with Crippen LogP contribution < -0.4 is 5.56 Å². The van der Waals surface area contributed by atoms with Crippen molar-refractivity contribution in [2.24, 2.45) is 0 Å². The summed E-state index contributed by atoms with van der Waals surface area (Å²) in [5, 5.41) is 19.5. The number of aryl methyl sites for hydroxylation is 1. The molecule has 0 radical (unpaired) electrons. The Kier molecular flexibility index (Phi) is 3.58. The second-order valence-corrected chi connectivity index (χ2v) is 5.06. The molecule has 0 amide bonds. The summed E-state index contributed by atoms with van der Waals surface area (Å²) in [5.74, 6) is -2.07. The number of aromatic nitrogens is 2. The molecule has 0 fully saturated rings. The zero-order chi connectivity index (χ0) is 15.0. The lowest BCUT2D eigenvalue weighted by Crippen LogP contribution is -2.32. The summed E-state index contributed by atoms with van der Waals surface area (Å²) in [6.07, 6.45) is 0.378. The van der Waals surface area contributed by atoms with E-state index in [0.717, 1.165) is 15.9 Å². The van der Waals surface area contributed by atoms with Gasteiger partial charge < -0.3 is 10.2 Å². The van der Waals surface area contributed by atoms with Gasteiger partial charge in [-0.05, 0) is 6.92 Å². The van der Waals surface area contributed by atoms with E-state index in [-0.39, 0.29) is 10.9 Å². The van der Waals surface area contributed by atoms with E-state index >= 15 is 0 Å². The lowest BCUT2D eigenvalue weighted by Gasteiger charge is -2.15. The molecule has 2 aromatic rings. The SMILES string of the molecule is CCc1nc2scc(C(=O)O)c2c(=O)n1C(C)C(=O)O. The third kappa shape index (κ3) is 2.07. The van der Waals surface area contributed by atoms with E-state index in [2.05, 4.69) is 4.98 Å². The summed E-state index contributed by atoms with van der Waals surface area (Å²) < 4.78 is 1.05. The van der Waals surface area contributed by atoms with E-state index in [9.17, 15) is 14.4 Å². The van der Waals surface area contributed by atoms with Gasteiger partial charge in [-0.15, -0.1) is 11.3 Å². The maximum Gasteiger partial charge on any atom is 0.337 e. The van der Waals surface area contributed by atoms with Gasteiger partial charge in [-0.25, -0.2) is 14.6 Å². The fourth-order valence-electron chi connectivity index (χ4n) is 1.96. The van der Waals surface area contributed by atoms with E-state index in [4.69, 9.17) is 10.2 Å². The summed E-state index contributed by atoms with van der Waals surface area (Å²) in [4.78, 5) is 39.2. The topological polar surface area (TPSA) is 109 Å². The first kappa shape index (κ1) is 14.2. The largest absolute Gasteiger partial charge is 0.480 e. The maximum absolute atomic E-state index is 12.4. The van der Waals surface area contributed by atoms with Crippen molar-refractivity contribution in [1.82, 2.24) is 9.55 Å². The van der Waals surface area contributed by atoms with Crippen LogP contribution in [0.4, 0.5) is 0 Å². The third-order valence-corrected chi connectivity index (χ3v) is 3.88. The zero-order valence-corrected chi connectivity index (χ0v) is 11.6. The number of aromatic carboxylic acids is 1. The van der Waals surface area contributed by atoms with Gasteiger partial charge in [0.05, 0.1) is 10.9 Å². The number of carboxylic acid groups (broad SMARTS) is 2. The van der Waals surface area contributed by atoms with Gasteiger partial charge in [-0.2, -0.15) is 0 Å². The minimum atomic E-state index is -1.23. The van der Waals surface area contributed by atoms with Crippen molar-refractivity contribution < 1.29 is 19.8 Å². The molecule has 0 saturated heterocycles. The Balaban J connectivity index is 2.88. The first-order valence-corrected chi connectivity index (χ1v) is 6.75. The zero-order valence-electron chi connectivity index (χ0n) is 10.8. The van der Waals surface area contributed by atoms with Gasteiger partial charge >= 0.3 is 11.9 Å². The van der Waals surface area contributed by atoms with Crippen molar-refractivity contribution in [3.63, 3.8) is 0 Å². The van der Waals surface area contributed by atoms with E-state index in [0.29, 0.717) is 17.1 Å². The van der Waals surface area contributed by atoms with Gasteiger partial charge in [0, 0.05) is 11.8 Å². The van der Waals surface area contributed by atoms with Gasteiger partial charge in [-0.1, -0.05) is 6.92 Å². The molecule has 0 aliphatic carbocycles. The average molecular weight is 296 g/mol. The van der Waals surface area contributed by atoms with Crippen LogP contribution in [0.5, 0.6) is 0 Å². The molecule has 2 rings (SSSR count). The van der Waals surface area contributed by atoms with E-state index in [1.165, 1.54) is 12.3 Å². The molecule has 20 heavy (non-hydrogen) atoms. The molecule has 2 heterocycles. The van der Waals surface area contributed by atoms with Gasteiger partial charge in [0.15, 0.2) is 0 Å². The predicted octanol–water partition coefficient (Wildman–Crippen LogP) is 1.36. The van der Waals surface area contributed by atoms with Crippen LogP contribution in [0.3, 0.4) is 0 Å². The van der Waals surface area contributed by atoms with Crippen LogP contribution in [-0.4, -0.2) is 31.7 Å². The number of hydrogen-bond donors (Lipinski definition) is 2. The quantitative estimate of drug-likeness (QED) is 0.881. The number of rotatable bonds is 4. The summed E-state index contributed by atoms with van der Waals surface area (Å²) in [6.45, 7) is 3.12. The molecule has 1 unspecified atom stereocenters. The molecule has 7 nitrogen and oxygen atoms in total. The molecule has 2 N–H and O–H groups in total. The average Bonchev–Trinajstić information content (AvgIpc) is 2.81. The number of hydrogen-bond acceptors (Lipinski definition) is 5. The summed E-state index contributed by atoms with van der Waals surface area (Å²) in [5.41, 5.74) is -0.767. The molecule has 2 aromatic heterocycles. The third-order valence-electron chi connectivity index (χ3n) is 3.00. The Labute approximate surface area is 117 Å². The summed E-state index contributed by atoms with van der Waals surface area (Å²) >= 11 is 1.06. The Morgan fingerprint density at radius 3 is 2.60 bits per heavy atom. The van der Waals surface area contributed by atoms with E-state index in [1.807, 2.05) is 0 Å². The normalized spacial score (nSPS) is 12.5. The fraction of sp³-hybridized carbons (Fsp3) is 0.333. The lowest BCUT2D eigenvalue weighted by atomic mass is 10.2. The molecule has 0 aliphatic rings. The molecular formula is C12H12N2O5S. The number of aliphatic carboxylic acids is 1. The number of thiophene rings is 1. The minimum absolute atomic E-state index is 0.0344. The highest BCUT2D eigenvalue weighted by Crippen LogP contribution is 2.23. The lowest BCUT2D eigenvalue weighted by molar-refractivity contribution is -0.140. The molecule has 0 spiro atoms. The highest BCUT2D eigenvalue weighted by molar-refractivity contribution is 7.17. The van der Waals surface area contributed by atoms with Crippen LogP contribution in [0.15, 0.2) is 10.2 Å². The van der Waals surface area contributed by atoms with Crippen LogP contribution in [0, 0.1) is 0 Å². The maximum atomic E-state index is 12.4. The van der Waals surface area contributed by atoms with Crippen LogP contribution in [-0.2, 0) is 11.2 Å². The second kappa shape index (κ2) is 5.04. The predicted molar refractivity (Wildman–Crippen MR) is 72.6 cm³/mol. The van der Waals surface area contributed by atoms with Crippen molar-refractivity contribution in [3.8, 4) is 0 Å². The molecule has 0 aromatic carbocycles. The Morgan fingerprint density at radius 1 is 1.45 bits per heavy atom. The van der Waals surface area contributed by atoms with Crippen LogP contribution in [0.2, 0.25) is 0 Å². The van der Waals surface area contributed by atoms with Crippen molar-refractivity contribution in [2.45, 2.75) is 26.3 Å². The Morgan fingerprint density at radius 2 is 2.10 bits per heavy atom. The standard InChI is InChI=1S/C12H12N2O5S/c1-3-7-13-9-8(6(4-20-9)12(18)19)10(15)14(7)5(2)11(16)17/h4-5H,3H2,1-2H3,(H,16,17)(H,18,19). The van der Waals surface area contributed by atoms with Gasteiger partial charge in [-0.3, -0.25) is 9.36 Å².